The Hall–Kier alpha value is -0.940. The molecular weight excluding hydrogens is 236 g/mol. The SMILES string of the molecule is O=[N+]([O-])c1ccc(CNCC2(C3CC3)CC2)s1. The molecule has 0 saturated heterocycles. The van der Waals surface area contributed by atoms with Crippen LogP contribution in [0.4, 0.5) is 5.00 Å². The predicted octanol–water partition coefficient (Wildman–Crippen LogP) is 2.94. The highest BCUT2D eigenvalue weighted by atomic mass is 32.1. The van der Waals surface area contributed by atoms with Gasteiger partial charge >= 0.3 is 5.00 Å². The van der Waals surface area contributed by atoms with E-state index in [1.54, 1.807) is 6.07 Å². The van der Waals surface area contributed by atoms with E-state index in [-0.39, 0.29) is 9.92 Å². The Kier molecular flexibility index (Phi) is 2.67. The zero-order valence-corrected chi connectivity index (χ0v) is 10.5. The van der Waals surface area contributed by atoms with E-state index in [1.807, 2.05) is 6.07 Å². The van der Waals surface area contributed by atoms with Gasteiger partial charge in [-0.3, -0.25) is 10.1 Å². The molecule has 92 valence electrons. The van der Waals surface area contributed by atoms with Gasteiger partial charge in [-0.05, 0) is 43.1 Å². The Labute approximate surface area is 104 Å². The highest BCUT2D eigenvalue weighted by Crippen LogP contribution is 2.60. The van der Waals surface area contributed by atoms with Crippen LogP contribution >= 0.6 is 11.3 Å². The summed E-state index contributed by atoms with van der Waals surface area (Å²) in [6.45, 7) is 1.86. The summed E-state index contributed by atoms with van der Waals surface area (Å²) in [5, 5.41) is 14.3. The second-order valence-corrected chi connectivity index (χ2v) is 6.38. The van der Waals surface area contributed by atoms with Crippen molar-refractivity contribution in [3.8, 4) is 0 Å². The van der Waals surface area contributed by atoms with E-state index in [0.29, 0.717) is 5.41 Å². The number of hydrogen-bond donors (Lipinski definition) is 1. The molecule has 1 aromatic heterocycles. The third-order valence-corrected chi connectivity index (χ3v) is 4.98. The van der Waals surface area contributed by atoms with E-state index in [1.165, 1.54) is 37.0 Å². The standard InChI is InChI=1S/C12H16N2O2S/c15-14(16)11-4-3-10(17-11)7-13-8-12(5-6-12)9-1-2-9/h3-4,9,13H,1-2,5-8H2. The molecule has 2 aliphatic carbocycles. The molecule has 0 bridgehead atoms. The molecule has 0 aliphatic heterocycles. The summed E-state index contributed by atoms with van der Waals surface area (Å²) in [4.78, 5) is 11.3. The Bertz CT molecular complexity index is 435. The molecular formula is C12H16N2O2S. The second kappa shape index (κ2) is 4.07. The third kappa shape index (κ3) is 2.35. The molecule has 17 heavy (non-hydrogen) atoms. The van der Waals surface area contributed by atoms with Crippen LogP contribution in [0.25, 0.3) is 0 Å². The second-order valence-electron chi connectivity index (χ2n) is 5.24. The van der Waals surface area contributed by atoms with Crippen molar-refractivity contribution < 1.29 is 4.92 Å². The summed E-state index contributed by atoms with van der Waals surface area (Å²) in [6.07, 6.45) is 5.56. The number of rotatable bonds is 6. The van der Waals surface area contributed by atoms with Crippen LogP contribution in [0.15, 0.2) is 12.1 Å². The summed E-state index contributed by atoms with van der Waals surface area (Å²) < 4.78 is 0. The third-order valence-electron chi connectivity index (χ3n) is 3.94. The number of nitro groups is 1. The first-order valence-corrected chi connectivity index (χ1v) is 6.95. The average molecular weight is 252 g/mol. The molecule has 4 nitrogen and oxygen atoms in total. The molecule has 1 heterocycles. The van der Waals surface area contributed by atoms with Crippen LogP contribution in [-0.4, -0.2) is 11.5 Å². The van der Waals surface area contributed by atoms with Crippen LogP contribution in [-0.2, 0) is 6.54 Å². The number of hydrogen-bond acceptors (Lipinski definition) is 4. The van der Waals surface area contributed by atoms with Crippen molar-refractivity contribution in [2.45, 2.75) is 32.2 Å². The minimum atomic E-state index is -0.319. The maximum absolute atomic E-state index is 10.6. The van der Waals surface area contributed by atoms with E-state index in [4.69, 9.17) is 0 Å². The maximum Gasteiger partial charge on any atom is 0.324 e. The minimum Gasteiger partial charge on any atom is -0.311 e. The van der Waals surface area contributed by atoms with E-state index in [0.717, 1.165) is 23.9 Å². The predicted molar refractivity (Wildman–Crippen MR) is 67.1 cm³/mol. The molecule has 5 heteroatoms. The fourth-order valence-electron chi connectivity index (χ4n) is 2.58. The zero-order valence-electron chi connectivity index (χ0n) is 9.65. The lowest BCUT2D eigenvalue weighted by molar-refractivity contribution is -0.380. The fourth-order valence-corrected chi connectivity index (χ4v) is 3.37. The van der Waals surface area contributed by atoms with E-state index < -0.39 is 0 Å². The Morgan fingerprint density at radius 2 is 2.24 bits per heavy atom. The summed E-state index contributed by atoms with van der Waals surface area (Å²) in [5.74, 6) is 0.965. The van der Waals surface area contributed by atoms with Gasteiger partial charge in [0.1, 0.15) is 0 Å². The largest absolute Gasteiger partial charge is 0.324 e. The normalized spacial score (nSPS) is 21.4. The quantitative estimate of drug-likeness (QED) is 0.625. The smallest absolute Gasteiger partial charge is 0.311 e. The van der Waals surface area contributed by atoms with Gasteiger partial charge in [-0.2, -0.15) is 0 Å². The van der Waals surface area contributed by atoms with Gasteiger partial charge in [0.25, 0.3) is 0 Å². The summed E-state index contributed by atoms with van der Waals surface area (Å²) in [5.41, 5.74) is 0.600. The molecule has 0 spiro atoms. The highest BCUT2D eigenvalue weighted by Gasteiger charge is 2.53. The molecule has 0 radical (unpaired) electrons. The van der Waals surface area contributed by atoms with Gasteiger partial charge < -0.3 is 5.32 Å². The zero-order chi connectivity index (χ0) is 11.9. The first-order chi connectivity index (χ1) is 8.20. The topological polar surface area (TPSA) is 55.2 Å². The number of nitrogens with one attached hydrogen (secondary N) is 1. The van der Waals surface area contributed by atoms with Gasteiger partial charge in [-0.25, -0.2) is 0 Å². The van der Waals surface area contributed by atoms with Crippen molar-refractivity contribution in [2.75, 3.05) is 6.54 Å². The molecule has 1 N–H and O–H groups in total. The average Bonchev–Trinajstić information content (AvgIpc) is 3.17. The highest BCUT2D eigenvalue weighted by molar-refractivity contribution is 7.15. The Balaban J connectivity index is 1.48. The lowest BCUT2D eigenvalue weighted by atomic mass is 10.0. The molecule has 1 aromatic rings. The van der Waals surface area contributed by atoms with Gasteiger partial charge in [0, 0.05) is 24.0 Å². The van der Waals surface area contributed by atoms with Crippen molar-refractivity contribution in [2.24, 2.45) is 11.3 Å². The van der Waals surface area contributed by atoms with Crippen molar-refractivity contribution in [3.63, 3.8) is 0 Å². The maximum atomic E-state index is 10.6. The molecule has 2 aliphatic rings. The van der Waals surface area contributed by atoms with Crippen molar-refractivity contribution in [1.82, 2.24) is 5.32 Å². The van der Waals surface area contributed by atoms with Crippen molar-refractivity contribution in [1.29, 1.82) is 0 Å². The van der Waals surface area contributed by atoms with Gasteiger partial charge in [0.05, 0.1) is 4.92 Å². The Morgan fingerprint density at radius 1 is 1.47 bits per heavy atom. The lowest BCUT2D eigenvalue weighted by Gasteiger charge is -2.14. The number of thiophene rings is 1. The van der Waals surface area contributed by atoms with Crippen LogP contribution < -0.4 is 5.32 Å². The molecule has 0 unspecified atom stereocenters. The Morgan fingerprint density at radius 3 is 2.76 bits per heavy atom. The van der Waals surface area contributed by atoms with Gasteiger partial charge in [-0.15, -0.1) is 0 Å². The van der Waals surface area contributed by atoms with Gasteiger partial charge in [0.15, 0.2) is 0 Å². The van der Waals surface area contributed by atoms with Crippen molar-refractivity contribution >= 4 is 16.3 Å². The van der Waals surface area contributed by atoms with Crippen LogP contribution in [0.2, 0.25) is 0 Å². The van der Waals surface area contributed by atoms with E-state index >= 15 is 0 Å². The van der Waals surface area contributed by atoms with Crippen LogP contribution in [0.5, 0.6) is 0 Å². The van der Waals surface area contributed by atoms with Crippen LogP contribution in [0.1, 0.15) is 30.6 Å². The van der Waals surface area contributed by atoms with E-state index in [2.05, 4.69) is 5.32 Å². The monoisotopic (exact) mass is 252 g/mol. The first-order valence-electron chi connectivity index (χ1n) is 6.13. The molecule has 2 saturated carbocycles. The minimum absolute atomic E-state index is 0.241. The van der Waals surface area contributed by atoms with Crippen molar-refractivity contribution in [3.05, 3.63) is 27.1 Å². The van der Waals surface area contributed by atoms with Crippen LogP contribution in [0.3, 0.4) is 0 Å². The summed E-state index contributed by atoms with van der Waals surface area (Å²) >= 11 is 1.27. The van der Waals surface area contributed by atoms with Gasteiger partial charge in [-0.1, -0.05) is 11.3 Å². The molecule has 3 rings (SSSR count). The molecule has 0 aromatic carbocycles. The van der Waals surface area contributed by atoms with E-state index in [9.17, 15) is 10.1 Å². The van der Waals surface area contributed by atoms with Crippen LogP contribution in [0, 0.1) is 21.4 Å². The lowest BCUT2D eigenvalue weighted by Crippen LogP contribution is -2.24. The molecule has 2 fully saturated rings. The number of nitrogens with zero attached hydrogens (tertiary/aromatic N) is 1. The molecule has 0 atom stereocenters. The molecule has 0 amide bonds. The fraction of sp³-hybridized carbons (Fsp3) is 0.667. The summed E-state index contributed by atoms with van der Waals surface area (Å²) in [6, 6.07) is 3.45. The van der Waals surface area contributed by atoms with Gasteiger partial charge in [0.2, 0.25) is 0 Å². The first kappa shape index (κ1) is 11.2. The summed E-state index contributed by atoms with van der Waals surface area (Å²) in [7, 11) is 0.